The number of pyridine rings is 1. The Balaban J connectivity index is 2.40. The lowest BCUT2D eigenvalue weighted by Gasteiger charge is -2.10. The SMILES string of the molecule is Nc1ncccc1S(=O)(=O)Nc1ccc(F)cc1F. The van der Waals surface area contributed by atoms with Crippen LogP contribution in [0, 0.1) is 11.6 Å². The summed E-state index contributed by atoms with van der Waals surface area (Å²) in [5.41, 5.74) is 5.07. The number of nitrogens with zero attached hydrogens (tertiary/aromatic N) is 1. The molecule has 0 fully saturated rings. The first-order valence-electron chi connectivity index (χ1n) is 5.08. The Labute approximate surface area is 108 Å². The number of aromatic nitrogens is 1. The number of nitrogens with two attached hydrogens (primary N) is 1. The summed E-state index contributed by atoms with van der Waals surface area (Å²) in [6.07, 6.45) is 1.33. The fourth-order valence-electron chi connectivity index (χ4n) is 1.40. The number of benzene rings is 1. The van der Waals surface area contributed by atoms with Crippen molar-refractivity contribution in [1.29, 1.82) is 0 Å². The van der Waals surface area contributed by atoms with Crippen LogP contribution in [0.1, 0.15) is 0 Å². The van der Waals surface area contributed by atoms with Crippen LogP contribution < -0.4 is 10.5 Å². The maximum absolute atomic E-state index is 13.4. The lowest BCUT2D eigenvalue weighted by atomic mass is 10.3. The molecule has 0 spiro atoms. The van der Waals surface area contributed by atoms with Crippen LogP contribution in [0.2, 0.25) is 0 Å². The van der Waals surface area contributed by atoms with Crippen LogP contribution in [0.5, 0.6) is 0 Å². The lowest BCUT2D eigenvalue weighted by Crippen LogP contribution is -2.16. The third kappa shape index (κ3) is 2.79. The minimum absolute atomic E-state index is 0.211. The first-order chi connectivity index (χ1) is 8.90. The van der Waals surface area contributed by atoms with Crippen LogP contribution in [0.4, 0.5) is 20.3 Å². The van der Waals surface area contributed by atoms with Crippen LogP contribution >= 0.6 is 0 Å². The number of nitrogen functional groups attached to an aromatic ring is 1. The highest BCUT2D eigenvalue weighted by atomic mass is 32.2. The molecule has 0 unspecified atom stereocenters. The molecule has 2 aromatic rings. The third-order valence-corrected chi connectivity index (χ3v) is 3.68. The summed E-state index contributed by atoms with van der Waals surface area (Å²) in [5, 5.41) is 0. The van der Waals surface area contributed by atoms with Crippen LogP contribution in [-0.2, 0) is 10.0 Å². The normalized spacial score (nSPS) is 11.3. The molecule has 0 saturated heterocycles. The Kier molecular flexibility index (Phi) is 3.34. The second kappa shape index (κ2) is 4.81. The van der Waals surface area contributed by atoms with Gasteiger partial charge in [-0.1, -0.05) is 0 Å². The van der Waals surface area contributed by atoms with Crippen molar-refractivity contribution >= 4 is 21.5 Å². The highest BCUT2D eigenvalue weighted by Crippen LogP contribution is 2.21. The molecule has 0 bridgehead atoms. The van der Waals surface area contributed by atoms with Gasteiger partial charge in [-0.25, -0.2) is 22.2 Å². The number of sulfonamides is 1. The number of rotatable bonds is 3. The molecule has 0 amide bonds. The zero-order valence-corrected chi connectivity index (χ0v) is 10.3. The van der Waals surface area contributed by atoms with Crippen molar-refractivity contribution in [2.45, 2.75) is 4.90 Å². The van der Waals surface area contributed by atoms with Gasteiger partial charge in [-0.3, -0.25) is 4.72 Å². The molecule has 0 radical (unpaired) electrons. The van der Waals surface area contributed by atoms with E-state index in [0.717, 1.165) is 12.1 Å². The topological polar surface area (TPSA) is 85.1 Å². The van der Waals surface area contributed by atoms with E-state index in [-0.39, 0.29) is 16.4 Å². The standard InChI is InChI=1S/C11H9F2N3O2S/c12-7-3-4-9(8(13)6-7)16-19(17,18)10-2-1-5-15-11(10)14/h1-6,16H,(H2,14,15). The summed E-state index contributed by atoms with van der Waals surface area (Å²) in [5.74, 6) is -2.04. The van der Waals surface area contributed by atoms with Crippen molar-refractivity contribution in [3.8, 4) is 0 Å². The van der Waals surface area contributed by atoms with Crippen molar-refractivity contribution < 1.29 is 17.2 Å². The lowest BCUT2D eigenvalue weighted by molar-refractivity contribution is 0.583. The summed E-state index contributed by atoms with van der Waals surface area (Å²) >= 11 is 0. The third-order valence-electron chi connectivity index (χ3n) is 2.26. The van der Waals surface area contributed by atoms with Crippen molar-refractivity contribution in [1.82, 2.24) is 4.98 Å². The predicted octanol–water partition coefficient (Wildman–Crippen LogP) is 1.74. The Morgan fingerprint density at radius 3 is 2.58 bits per heavy atom. The summed E-state index contributed by atoms with van der Waals surface area (Å²) in [4.78, 5) is 3.35. The predicted molar refractivity (Wildman–Crippen MR) is 65.8 cm³/mol. The molecule has 0 atom stereocenters. The van der Waals surface area contributed by atoms with Gasteiger partial charge in [0.15, 0.2) is 0 Å². The molecular formula is C11H9F2N3O2S. The number of nitrogens with one attached hydrogen (secondary N) is 1. The Morgan fingerprint density at radius 2 is 1.95 bits per heavy atom. The molecule has 5 nitrogen and oxygen atoms in total. The highest BCUT2D eigenvalue weighted by molar-refractivity contribution is 7.92. The summed E-state index contributed by atoms with van der Waals surface area (Å²) in [6, 6.07) is 5.10. The molecular weight excluding hydrogens is 276 g/mol. The molecule has 1 aromatic heterocycles. The second-order valence-corrected chi connectivity index (χ2v) is 5.27. The molecule has 1 aromatic carbocycles. The first kappa shape index (κ1) is 13.2. The van der Waals surface area contributed by atoms with E-state index >= 15 is 0 Å². The van der Waals surface area contributed by atoms with Gasteiger partial charge in [-0.2, -0.15) is 0 Å². The second-order valence-electron chi connectivity index (χ2n) is 3.62. The fourth-order valence-corrected chi connectivity index (χ4v) is 2.55. The van der Waals surface area contributed by atoms with E-state index in [1.54, 1.807) is 0 Å². The number of hydrogen-bond donors (Lipinski definition) is 2. The minimum Gasteiger partial charge on any atom is -0.383 e. The summed E-state index contributed by atoms with van der Waals surface area (Å²) in [6.45, 7) is 0. The molecule has 0 aliphatic heterocycles. The van der Waals surface area contributed by atoms with Gasteiger partial charge in [0.2, 0.25) is 0 Å². The zero-order chi connectivity index (χ0) is 14.0. The largest absolute Gasteiger partial charge is 0.383 e. The molecule has 2 rings (SSSR count). The average molecular weight is 285 g/mol. The van der Waals surface area contributed by atoms with E-state index in [9.17, 15) is 17.2 Å². The van der Waals surface area contributed by atoms with Crippen molar-refractivity contribution in [3.05, 3.63) is 48.2 Å². The number of anilines is 2. The van der Waals surface area contributed by atoms with E-state index in [2.05, 4.69) is 4.98 Å². The van der Waals surface area contributed by atoms with Crippen LogP contribution in [0.3, 0.4) is 0 Å². The highest BCUT2D eigenvalue weighted by Gasteiger charge is 2.19. The van der Waals surface area contributed by atoms with Crippen LogP contribution in [0.15, 0.2) is 41.4 Å². The minimum atomic E-state index is -4.08. The molecule has 3 N–H and O–H groups in total. The molecule has 8 heteroatoms. The Hall–Kier alpha value is -2.22. The van der Waals surface area contributed by atoms with Gasteiger partial charge < -0.3 is 5.73 Å². The van der Waals surface area contributed by atoms with Crippen LogP contribution in [0.25, 0.3) is 0 Å². The van der Waals surface area contributed by atoms with Crippen LogP contribution in [-0.4, -0.2) is 13.4 Å². The van der Waals surface area contributed by atoms with Crippen molar-refractivity contribution in [3.63, 3.8) is 0 Å². The van der Waals surface area contributed by atoms with Gasteiger partial charge in [0.05, 0.1) is 5.69 Å². The van der Waals surface area contributed by atoms with E-state index in [4.69, 9.17) is 5.73 Å². The molecule has 0 aliphatic rings. The molecule has 19 heavy (non-hydrogen) atoms. The number of halogens is 2. The van der Waals surface area contributed by atoms with Crippen molar-refractivity contribution in [2.24, 2.45) is 0 Å². The van der Waals surface area contributed by atoms with E-state index in [1.165, 1.54) is 18.3 Å². The number of hydrogen-bond acceptors (Lipinski definition) is 4. The van der Waals surface area contributed by atoms with Gasteiger partial charge in [-0.15, -0.1) is 0 Å². The molecule has 0 aliphatic carbocycles. The maximum atomic E-state index is 13.4. The fraction of sp³-hybridized carbons (Fsp3) is 0. The average Bonchev–Trinajstić information content (AvgIpc) is 2.33. The molecule has 100 valence electrons. The van der Waals surface area contributed by atoms with Gasteiger partial charge in [-0.05, 0) is 24.3 Å². The zero-order valence-electron chi connectivity index (χ0n) is 9.47. The summed E-state index contributed by atoms with van der Waals surface area (Å²) < 4.78 is 52.0. The van der Waals surface area contributed by atoms with Gasteiger partial charge in [0.1, 0.15) is 22.3 Å². The quantitative estimate of drug-likeness (QED) is 0.899. The smallest absolute Gasteiger partial charge is 0.265 e. The van der Waals surface area contributed by atoms with Crippen molar-refractivity contribution in [2.75, 3.05) is 10.5 Å². The molecule has 0 saturated carbocycles. The Morgan fingerprint density at radius 1 is 1.21 bits per heavy atom. The first-order valence-corrected chi connectivity index (χ1v) is 6.57. The molecule has 1 heterocycles. The maximum Gasteiger partial charge on any atom is 0.265 e. The monoisotopic (exact) mass is 285 g/mol. The van der Waals surface area contributed by atoms with Gasteiger partial charge in [0, 0.05) is 12.3 Å². The van der Waals surface area contributed by atoms with E-state index in [0.29, 0.717) is 6.07 Å². The van der Waals surface area contributed by atoms with Gasteiger partial charge in [0.25, 0.3) is 10.0 Å². The van der Waals surface area contributed by atoms with Gasteiger partial charge >= 0.3 is 0 Å². The Bertz CT molecular complexity index is 720. The van der Waals surface area contributed by atoms with E-state index < -0.39 is 21.7 Å². The van der Waals surface area contributed by atoms with E-state index in [1.807, 2.05) is 4.72 Å². The summed E-state index contributed by atoms with van der Waals surface area (Å²) in [7, 11) is -4.08.